The first kappa shape index (κ1) is 15.6. The molecule has 0 bridgehead atoms. The van der Waals surface area contributed by atoms with E-state index in [4.69, 9.17) is 5.73 Å². The van der Waals surface area contributed by atoms with Crippen LogP contribution in [-0.2, 0) is 0 Å². The molecule has 0 heterocycles. The van der Waals surface area contributed by atoms with Crippen molar-refractivity contribution < 1.29 is 9.85 Å². The van der Waals surface area contributed by atoms with Crippen LogP contribution < -0.4 is 5.73 Å². The van der Waals surface area contributed by atoms with E-state index in [2.05, 4.69) is 15.9 Å². The number of halogens is 1. The third-order valence-corrected chi connectivity index (χ3v) is 2.55. The van der Waals surface area contributed by atoms with Crippen LogP contribution in [-0.4, -0.2) is 9.85 Å². The van der Waals surface area contributed by atoms with Gasteiger partial charge in [0.05, 0.1) is 15.9 Å². The van der Waals surface area contributed by atoms with Crippen molar-refractivity contribution in [3.05, 3.63) is 73.2 Å². The SMILES string of the molecule is Nc1ccccc1.O=[N+]([O-])c1cc(Br)cc([N+](=O)[O-])c1. The molecular weight excluding hydrogens is 330 g/mol. The lowest BCUT2D eigenvalue weighted by Gasteiger charge is -1.93. The Hall–Kier alpha value is -2.48. The van der Waals surface area contributed by atoms with E-state index in [1.165, 1.54) is 12.1 Å². The number of para-hydroxylation sites is 1. The highest BCUT2D eigenvalue weighted by atomic mass is 79.9. The summed E-state index contributed by atoms with van der Waals surface area (Å²) in [6.45, 7) is 0. The summed E-state index contributed by atoms with van der Waals surface area (Å²) in [4.78, 5) is 19.2. The first-order valence-corrected chi connectivity index (χ1v) is 6.09. The second-order valence-corrected chi connectivity index (χ2v) is 4.51. The van der Waals surface area contributed by atoms with Crippen LogP contribution in [0.5, 0.6) is 0 Å². The Kier molecular flexibility index (Phi) is 5.60. The molecule has 0 saturated carbocycles. The number of nitrogen functional groups attached to an aromatic ring is 1. The van der Waals surface area contributed by atoms with E-state index in [9.17, 15) is 20.2 Å². The molecule has 0 spiro atoms. The minimum atomic E-state index is -0.683. The molecule has 0 aliphatic rings. The van der Waals surface area contributed by atoms with Crippen LogP contribution in [0.4, 0.5) is 17.1 Å². The number of nitro benzene ring substituents is 2. The normalized spacial score (nSPS) is 9.25. The average Bonchev–Trinajstić information content (AvgIpc) is 2.39. The molecule has 0 saturated heterocycles. The van der Waals surface area contributed by atoms with Crippen molar-refractivity contribution in [2.24, 2.45) is 0 Å². The smallest absolute Gasteiger partial charge is 0.277 e. The van der Waals surface area contributed by atoms with E-state index in [0.29, 0.717) is 4.47 Å². The quantitative estimate of drug-likeness (QED) is 0.510. The lowest BCUT2D eigenvalue weighted by Crippen LogP contribution is -1.92. The molecule has 2 N–H and O–H groups in total. The molecule has 104 valence electrons. The zero-order valence-corrected chi connectivity index (χ0v) is 11.7. The zero-order chi connectivity index (χ0) is 15.1. The minimum absolute atomic E-state index is 0.305. The molecular formula is C12H10BrN3O4. The number of nitro groups is 2. The highest BCUT2D eigenvalue weighted by Crippen LogP contribution is 2.25. The monoisotopic (exact) mass is 339 g/mol. The number of rotatable bonds is 2. The van der Waals surface area contributed by atoms with Gasteiger partial charge in [0.15, 0.2) is 0 Å². The van der Waals surface area contributed by atoms with Crippen LogP contribution in [0, 0.1) is 20.2 Å². The van der Waals surface area contributed by atoms with Crippen molar-refractivity contribution in [1.82, 2.24) is 0 Å². The highest BCUT2D eigenvalue weighted by Gasteiger charge is 2.14. The van der Waals surface area contributed by atoms with E-state index in [1.54, 1.807) is 0 Å². The van der Waals surface area contributed by atoms with Crippen molar-refractivity contribution >= 4 is 33.0 Å². The predicted octanol–water partition coefficient (Wildman–Crippen LogP) is 3.53. The lowest BCUT2D eigenvalue weighted by atomic mass is 10.3. The van der Waals surface area contributed by atoms with E-state index in [1.807, 2.05) is 30.3 Å². The van der Waals surface area contributed by atoms with Gasteiger partial charge in [-0.25, -0.2) is 0 Å². The van der Waals surface area contributed by atoms with Gasteiger partial charge < -0.3 is 5.73 Å². The molecule has 7 nitrogen and oxygen atoms in total. The molecule has 0 radical (unpaired) electrons. The number of hydrogen-bond acceptors (Lipinski definition) is 5. The van der Waals surface area contributed by atoms with Gasteiger partial charge >= 0.3 is 0 Å². The van der Waals surface area contributed by atoms with Crippen molar-refractivity contribution in [3.63, 3.8) is 0 Å². The summed E-state index contributed by atoms with van der Waals surface area (Å²) in [7, 11) is 0. The summed E-state index contributed by atoms with van der Waals surface area (Å²) in [6.07, 6.45) is 0. The summed E-state index contributed by atoms with van der Waals surface area (Å²) in [5, 5.41) is 20.6. The number of hydrogen-bond donors (Lipinski definition) is 1. The Labute approximate surface area is 122 Å². The molecule has 8 heteroatoms. The summed E-state index contributed by atoms with van der Waals surface area (Å²) in [6, 6.07) is 12.8. The molecule has 0 atom stereocenters. The summed E-state index contributed by atoms with van der Waals surface area (Å²) in [5.41, 5.74) is 5.57. The fourth-order valence-corrected chi connectivity index (χ4v) is 1.69. The first-order chi connectivity index (χ1) is 9.40. The van der Waals surface area contributed by atoms with Crippen molar-refractivity contribution in [2.75, 3.05) is 5.73 Å². The summed E-state index contributed by atoms with van der Waals surface area (Å²) >= 11 is 2.94. The van der Waals surface area contributed by atoms with E-state index < -0.39 is 9.85 Å². The Morgan fingerprint density at radius 1 is 0.900 bits per heavy atom. The van der Waals surface area contributed by atoms with Gasteiger partial charge in [-0.1, -0.05) is 34.1 Å². The van der Waals surface area contributed by atoms with E-state index >= 15 is 0 Å². The van der Waals surface area contributed by atoms with Crippen LogP contribution in [0.25, 0.3) is 0 Å². The minimum Gasteiger partial charge on any atom is -0.399 e. The number of nitrogens with zero attached hydrogens (tertiary/aromatic N) is 2. The Morgan fingerprint density at radius 3 is 1.65 bits per heavy atom. The van der Waals surface area contributed by atoms with Gasteiger partial charge in [-0.2, -0.15) is 0 Å². The van der Waals surface area contributed by atoms with Gasteiger partial charge in [0, 0.05) is 22.3 Å². The number of anilines is 1. The van der Waals surface area contributed by atoms with Gasteiger partial charge in [0.2, 0.25) is 0 Å². The third-order valence-electron chi connectivity index (χ3n) is 2.09. The number of non-ortho nitro benzene ring substituents is 2. The second kappa shape index (κ2) is 7.19. The van der Waals surface area contributed by atoms with Gasteiger partial charge in [-0.15, -0.1) is 0 Å². The first-order valence-electron chi connectivity index (χ1n) is 5.30. The Morgan fingerprint density at radius 2 is 1.35 bits per heavy atom. The fraction of sp³-hybridized carbons (Fsp3) is 0. The van der Waals surface area contributed by atoms with Crippen molar-refractivity contribution in [1.29, 1.82) is 0 Å². The summed E-state index contributed by atoms with van der Waals surface area (Å²) < 4.78 is 0.313. The molecule has 2 aromatic rings. The van der Waals surface area contributed by atoms with Gasteiger partial charge in [-0.3, -0.25) is 20.2 Å². The van der Waals surface area contributed by atoms with Gasteiger partial charge in [0.25, 0.3) is 11.4 Å². The molecule has 0 aliphatic carbocycles. The van der Waals surface area contributed by atoms with Gasteiger partial charge in [0.1, 0.15) is 0 Å². The Bertz CT molecular complexity index is 587. The Balaban J connectivity index is 0.000000240. The fourth-order valence-electron chi connectivity index (χ4n) is 1.22. The van der Waals surface area contributed by atoms with Crippen LogP contribution in [0.3, 0.4) is 0 Å². The molecule has 2 rings (SSSR count). The number of benzene rings is 2. The van der Waals surface area contributed by atoms with E-state index in [-0.39, 0.29) is 11.4 Å². The molecule has 0 fully saturated rings. The van der Waals surface area contributed by atoms with Crippen LogP contribution in [0.2, 0.25) is 0 Å². The molecule has 0 amide bonds. The van der Waals surface area contributed by atoms with Gasteiger partial charge in [-0.05, 0) is 12.1 Å². The molecule has 2 aromatic carbocycles. The zero-order valence-electron chi connectivity index (χ0n) is 10.1. The topological polar surface area (TPSA) is 112 Å². The van der Waals surface area contributed by atoms with Crippen molar-refractivity contribution in [3.8, 4) is 0 Å². The number of nitrogens with two attached hydrogens (primary N) is 1. The maximum atomic E-state index is 10.3. The van der Waals surface area contributed by atoms with E-state index in [0.717, 1.165) is 11.8 Å². The standard InChI is InChI=1S/C6H3BrN2O4.C6H7N/c7-4-1-5(8(10)11)3-6(2-4)9(12)13;7-6-4-2-1-3-5-6/h1-3H;1-5H,7H2. The van der Waals surface area contributed by atoms with Crippen LogP contribution in [0.15, 0.2) is 53.0 Å². The predicted molar refractivity (Wildman–Crippen MR) is 78.3 cm³/mol. The lowest BCUT2D eigenvalue weighted by molar-refractivity contribution is -0.394. The third kappa shape index (κ3) is 5.02. The molecule has 20 heavy (non-hydrogen) atoms. The average molecular weight is 340 g/mol. The summed E-state index contributed by atoms with van der Waals surface area (Å²) in [5.74, 6) is 0. The maximum Gasteiger partial charge on any atom is 0.277 e. The largest absolute Gasteiger partial charge is 0.399 e. The second-order valence-electron chi connectivity index (χ2n) is 3.59. The van der Waals surface area contributed by atoms with Crippen molar-refractivity contribution in [2.45, 2.75) is 0 Å². The molecule has 0 aromatic heterocycles. The van der Waals surface area contributed by atoms with Crippen LogP contribution in [0.1, 0.15) is 0 Å². The molecule has 0 aliphatic heterocycles. The molecule has 0 unspecified atom stereocenters. The van der Waals surface area contributed by atoms with Crippen LogP contribution >= 0.6 is 15.9 Å². The highest BCUT2D eigenvalue weighted by molar-refractivity contribution is 9.10. The maximum absolute atomic E-state index is 10.3.